The van der Waals surface area contributed by atoms with Gasteiger partial charge in [0, 0.05) is 38.0 Å². The number of hydrogen-bond donors (Lipinski definition) is 3. The standard InChI is InChI=1S/C32H35F2N5O3S/c1-2-21-9-6-10-23(13-21)19-36-20-28(27(35)16-24-14-25(33)18-26(34)15-24)42-31(41)12-11-29(40)37-32-39-38-30(43-32)17-22-7-4-3-5-8-22/h3-10,13-15,18,27-28,36H,2,11-12,16-17,19-20,35H2,1H3,(H,37,39,40). The molecule has 0 spiro atoms. The van der Waals surface area contributed by atoms with Crippen molar-refractivity contribution in [3.63, 3.8) is 0 Å². The Labute approximate surface area is 253 Å². The van der Waals surface area contributed by atoms with Gasteiger partial charge < -0.3 is 21.1 Å². The number of benzene rings is 3. The van der Waals surface area contributed by atoms with Crippen LogP contribution >= 0.6 is 11.3 Å². The van der Waals surface area contributed by atoms with Gasteiger partial charge in [-0.15, -0.1) is 10.2 Å². The van der Waals surface area contributed by atoms with Gasteiger partial charge in [0.15, 0.2) is 0 Å². The topological polar surface area (TPSA) is 119 Å². The predicted octanol–water partition coefficient (Wildman–Crippen LogP) is 4.96. The first-order chi connectivity index (χ1) is 20.8. The molecule has 0 aliphatic carbocycles. The summed E-state index contributed by atoms with van der Waals surface area (Å²) in [5, 5.41) is 15.2. The van der Waals surface area contributed by atoms with Gasteiger partial charge in [0.25, 0.3) is 0 Å². The fourth-order valence-corrected chi connectivity index (χ4v) is 5.29. The van der Waals surface area contributed by atoms with Gasteiger partial charge in [0.05, 0.1) is 6.42 Å². The third-order valence-electron chi connectivity index (χ3n) is 6.70. The van der Waals surface area contributed by atoms with Crippen LogP contribution in [0.25, 0.3) is 0 Å². The number of ether oxygens (including phenoxy) is 1. The molecule has 4 aromatic rings. The number of rotatable bonds is 15. The highest BCUT2D eigenvalue weighted by Gasteiger charge is 2.23. The summed E-state index contributed by atoms with van der Waals surface area (Å²) >= 11 is 1.27. The second-order valence-electron chi connectivity index (χ2n) is 10.2. The highest BCUT2D eigenvalue weighted by molar-refractivity contribution is 7.15. The number of nitrogens with zero attached hydrogens (tertiary/aromatic N) is 2. The Hall–Kier alpha value is -4.06. The molecule has 2 atom stereocenters. The Morgan fingerprint density at radius 2 is 1.63 bits per heavy atom. The van der Waals surface area contributed by atoms with Crippen LogP contribution in [0, 0.1) is 11.6 Å². The SMILES string of the molecule is CCc1cccc(CNCC(OC(=O)CCC(=O)Nc2nnc(Cc3ccccc3)s2)C(N)Cc2cc(F)cc(F)c2)c1. The molecule has 1 aromatic heterocycles. The van der Waals surface area contributed by atoms with Crippen molar-refractivity contribution in [2.75, 3.05) is 11.9 Å². The van der Waals surface area contributed by atoms with Crippen LogP contribution in [-0.2, 0) is 40.1 Å². The van der Waals surface area contributed by atoms with E-state index in [0.717, 1.165) is 28.6 Å². The third kappa shape index (κ3) is 10.6. The van der Waals surface area contributed by atoms with Crippen molar-refractivity contribution in [1.29, 1.82) is 0 Å². The lowest BCUT2D eigenvalue weighted by Gasteiger charge is -2.25. The number of nitrogens with two attached hydrogens (primary N) is 1. The number of nitrogens with one attached hydrogen (secondary N) is 2. The molecule has 0 saturated carbocycles. The number of aryl methyl sites for hydroxylation is 1. The van der Waals surface area contributed by atoms with E-state index in [0.29, 0.717) is 23.7 Å². The van der Waals surface area contributed by atoms with Crippen LogP contribution in [0.4, 0.5) is 13.9 Å². The van der Waals surface area contributed by atoms with Crippen molar-refractivity contribution in [2.24, 2.45) is 5.73 Å². The van der Waals surface area contributed by atoms with E-state index in [4.69, 9.17) is 10.5 Å². The molecule has 4 N–H and O–H groups in total. The van der Waals surface area contributed by atoms with Crippen molar-refractivity contribution in [3.05, 3.63) is 112 Å². The van der Waals surface area contributed by atoms with E-state index in [9.17, 15) is 18.4 Å². The average molecular weight is 608 g/mol. The maximum absolute atomic E-state index is 13.7. The number of amides is 1. The van der Waals surface area contributed by atoms with Gasteiger partial charge in [-0.05, 0) is 47.2 Å². The zero-order chi connectivity index (χ0) is 30.6. The third-order valence-corrected chi connectivity index (χ3v) is 7.53. The van der Waals surface area contributed by atoms with Crippen LogP contribution in [0.1, 0.15) is 47.0 Å². The largest absolute Gasteiger partial charge is 0.459 e. The van der Waals surface area contributed by atoms with E-state index < -0.39 is 35.7 Å². The van der Waals surface area contributed by atoms with Gasteiger partial charge in [0.2, 0.25) is 11.0 Å². The second kappa shape index (κ2) is 16.0. The second-order valence-corrected chi connectivity index (χ2v) is 11.3. The average Bonchev–Trinajstić information content (AvgIpc) is 3.41. The summed E-state index contributed by atoms with van der Waals surface area (Å²) in [6.45, 7) is 2.80. The summed E-state index contributed by atoms with van der Waals surface area (Å²) in [5.74, 6) is -2.43. The van der Waals surface area contributed by atoms with Gasteiger partial charge in [-0.2, -0.15) is 0 Å². The van der Waals surface area contributed by atoms with E-state index >= 15 is 0 Å². The van der Waals surface area contributed by atoms with E-state index in [1.807, 2.05) is 48.5 Å². The van der Waals surface area contributed by atoms with Gasteiger partial charge in [-0.1, -0.05) is 72.9 Å². The van der Waals surface area contributed by atoms with E-state index in [1.54, 1.807) is 0 Å². The van der Waals surface area contributed by atoms with Gasteiger partial charge >= 0.3 is 5.97 Å². The highest BCUT2D eigenvalue weighted by atomic mass is 32.1. The quantitative estimate of drug-likeness (QED) is 0.164. The van der Waals surface area contributed by atoms with Crippen LogP contribution in [0.3, 0.4) is 0 Å². The Morgan fingerprint density at radius 1 is 0.907 bits per heavy atom. The van der Waals surface area contributed by atoms with Crippen molar-refractivity contribution in [2.45, 2.75) is 57.7 Å². The molecule has 0 radical (unpaired) electrons. The summed E-state index contributed by atoms with van der Waals surface area (Å²) in [4.78, 5) is 25.3. The maximum atomic E-state index is 13.7. The molecule has 0 aliphatic heterocycles. The molecule has 11 heteroatoms. The highest BCUT2D eigenvalue weighted by Crippen LogP contribution is 2.19. The fourth-order valence-electron chi connectivity index (χ4n) is 4.50. The molecule has 0 bridgehead atoms. The first kappa shape index (κ1) is 31.9. The summed E-state index contributed by atoms with van der Waals surface area (Å²) in [7, 11) is 0. The monoisotopic (exact) mass is 607 g/mol. The number of hydrogen-bond acceptors (Lipinski definition) is 8. The number of carbonyl (C=O) groups is 2. The number of esters is 1. The Kier molecular flexibility index (Phi) is 11.8. The zero-order valence-corrected chi connectivity index (χ0v) is 24.7. The summed E-state index contributed by atoms with van der Waals surface area (Å²) < 4.78 is 33.2. The molecule has 1 heterocycles. The molecule has 8 nitrogen and oxygen atoms in total. The molecule has 1 amide bonds. The normalized spacial score (nSPS) is 12.5. The molecule has 0 fully saturated rings. The van der Waals surface area contributed by atoms with Crippen LogP contribution < -0.4 is 16.4 Å². The van der Waals surface area contributed by atoms with E-state index in [-0.39, 0.29) is 25.8 Å². The molecule has 0 aliphatic rings. The van der Waals surface area contributed by atoms with E-state index in [1.165, 1.54) is 29.0 Å². The minimum Gasteiger partial charge on any atom is -0.459 e. The van der Waals surface area contributed by atoms with Crippen LogP contribution in [0.15, 0.2) is 72.8 Å². The van der Waals surface area contributed by atoms with Gasteiger partial charge in [-0.3, -0.25) is 9.59 Å². The maximum Gasteiger partial charge on any atom is 0.306 e. The summed E-state index contributed by atoms with van der Waals surface area (Å²) in [6.07, 6.45) is 0.481. The Morgan fingerprint density at radius 3 is 2.37 bits per heavy atom. The molecule has 3 aromatic carbocycles. The van der Waals surface area contributed by atoms with E-state index in [2.05, 4.69) is 33.8 Å². The lowest BCUT2D eigenvalue weighted by atomic mass is 10.0. The van der Waals surface area contributed by atoms with Gasteiger partial charge in [0.1, 0.15) is 22.7 Å². The Bertz CT molecular complexity index is 1480. The fraction of sp³-hybridized carbons (Fsp3) is 0.312. The number of carbonyl (C=O) groups excluding carboxylic acids is 2. The Balaban J connectivity index is 1.31. The summed E-state index contributed by atoms with van der Waals surface area (Å²) in [6, 6.07) is 20.3. The number of aromatic nitrogens is 2. The van der Waals surface area contributed by atoms with Crippen molar-refractivity contribution < 1.29 is 23.1 Å². The molecular weight excluding hydrogens is 572 g/mol. The van der Waals surface area contributed by atoms with Crippen LogP contribution in [0.2, 0.25) is 0 Å². The van der Waals surface area contributed by atoms with Crippen molar-refractivity contribution >= 4 is 28.3 Å². The molecule has 4 rings (SSSR count). The molecular formula is C32H35F2N5O3S. The van der Waals surface area contributed by atoms with Gasteiger partial charge in [-0.25, -0.2) is 8.78 Å². The first-order valence-corrected chi connectivity index (χ1v) is 14.9. The van der Waals surface area contributed by atoms with Crippen molar-refractivity contribution in [1.82, 2.24) is 15.5 Å². The van der Waals surface area contributed by atoms with Crippen molar-refractivity contribution in [3.8, 4) is 0 Å². The number of anilines is 1. The lowest BCUT2D eigenvalue weighted by molar-refractivity contribution is -0.150. The minimum atomic E-state index is -0.806. The lowest BCUT2D eigenvalue weighted by Crippen LogP contribution is -2.46. The predicted molar refractivity (Wildman–Crippen MR) is 162 cm³/mol. The molecule has 226 valence electrons. The molecule has 0 saturated heterocycles. The molecule has 2 unspecified atom stereocenters. The first-order valence-electron chi connectivity index (χ1n) is 14.1. The minimum absolute atomic E-state index is 0.0858. The zero-order valence-electron chi connectivity index (χ0n) is 23.9. The number of halogens is 2. The molecule has 43 heavy (non-hydrogen) atoms. The van der Waals surface area contributed by atoms with Crippen LogP contribution in [0.5, 0.6) is 0 Å². The van der Waals surface area contributed by atoms with Crippen LogP contribution in [-0.4, -0.2) is 40.8 Å². The smallest absolute Gasteiger partial charge is 0.306 e. The summed E-state index contributed by atoms with van der Waals surface area (Å²) in [5.41, 5.74) is 10.1.